The van der Waals surface area contributed by atoms with E-state index in [-0.39, 0.29) is 22.7 Å². The van der Waals surface area contributed by atoms with E-state index in [4.69, 9.17) is 5.10 Å². The summed E-state index contributed by atoms with van der Waals surface area (Å²) in [4.78, 5) is 12.7. The van der Waals surface area contributed by atoms with Crippen LogP contribution in [0.2, 0.25) is 0 Å². The molecule has 0 aliphatic heterocycles. The minimum atomic E-state index is -0.543. The number of aromatic amines is 1. The van der Waals surface area contributed by atoms with Gasteiger partial charge < -0.3 is 0 Å². The number of rotatable bonds is 1. The molecular weight excluding hydrogens is 310 g/mol. The van der Waals surface area contributed by atoms with Gasteiger partial charge in [0.25, 0.3) is 0 Å². The van der Waals surface area contributed by atoms with Gasteiger partial charge in [-0.15, -0.1) is 0 Å². The third kappa shape index (κ3) is 2.12. The Hall–Kier alpha value is -2.41. The monoisotopic (exact) mass is 333 g/mol. The zero-order valence-corrected chi connectivity index (χ0v) is 15.0. The predicted octanol–water partition coefficient (Wildman–Crippen LogP) is 3.89. The molecule has 0 bridgehead atoms. The maximum absolute atomic E-state index is 12.7. The smallest absolute Gasteiger partial charge is 0.178 e. The van der Waals surface area contributed by atoms with E-state index in [9.17, 15) is 10.1 Å². The lowest BCUT2D eigenvalue weighted by Gasteiger charge is -2.49. The molecule has 128 valence electrons. The number of H-pyrrole nitrogens is 1. The average Bonchev–Trinajstić information content (AvgIpc) is 3.04. The van der Waals surface area contributed by atoms with Gasteiger partial charge in [-0.05, 0) is 30.7 Å². The number of hydrogen-bond acceptors (Lipinski definition) is 3. The van der Waals surface area contributed by atoms with Crippen molar-refractivity contribution in [2.75, 3.05) is 0 Å². The molecule has 4 rings (SSSR count). The highest BCUT2D eigenvalue weighted by atomic mass is 16.1. The number of nitriles is 1. The Labute approximate surface area is 148 Å². The molecule has 3 aliphatic carbocycles. The highest BCUT2D eigenvalue weighted by Gasteiger charge is 2.55. The zero-order chi connectivity index (χ0) is 17.8. The van der Waals surface area contributed by atoms with Crippen molar-refractivity contribution in [3.8, 4) is 6.07 Å². The van der Waals surface area contributed by atoms with Gasteiger partial charge in [0.1, 0.15) is 6.07 Å². The first kappa shape index (κ1) is 16.1. The molecule has 0 saturated heterocycles. The quantitative estimate of drug-likeness (QED) is 0.847. The van der Waals surface area contributed by atoms with Crippen molar-refractivity contribution >= 4 is 5.78 Å². The summed E-state index contributed by atoms with van der Waals surface area (Å²) in [6.07, 6.45) is 13.3. The highest BCUT2D eigenvalue weighted by molar-refractivity contribution is 6.04. The van der Waals surface area contributed by atoms with Crippen LogP contribution < -0.4 is 0 Å². The number of nitrogens with one attached hydrogen (secondary N) is 1. The summed E-state index contributed by atoms with van der Waals surface area (Å²) in [6.45, 7) is 6.11. The van der Waals surface area contributed by atoms with Crippen molar-refractivity contribution in [3.05, 3.63) is 52.9 Å². The molecule has 1 heterocycles. The van der Waals surface area contributed by atoms with E-state index in [0.717, 1.165) is 25.0 Å². The van der Waals surface area contributed by atoms with Gasteiger partial charge >= 0.3 is 0 Å². The predicted molar refractivity (Wildman–Crippen MR) is 95.9 cm³/mol. The van der Waals surface area contributed by atoms with Crippen molar-refractivity contribution in [2.45, 2.75) is 51.4 Å². The molecule has 0 saturated carbocycles. The number of aromatic nitrogens is 2. The van der Waals surface area contributed by atoms with Crippen LogP contribution in [0.15, 0.2) is 36.0 Å². The molecule has 0 spiro atoms. The molecule has 3 aliphatic rings. The van der Waals surface area contributed by atoms with Crippen LogP contribution in [0.4, 0.5) is 0 Å². The summed E-state index contributed by atoms with van der Waals surface area (Å²) in [7, 11) is 0. The Kier molecular flexibility index (Phi) is 3.40. The molecule has 0 fully saturated rings. The average molecular weight is 333 g/mol. The van der Waals surface area contributed by atoms with Gasteiger partial charge in [0.05, 0.1) is 11.3 Å². The summed E-state index contributed by atoms with van der Waals surface area (Å²) in [5, 5.41) is 17.5. The van der Waals surface area contributed by atoms with Crippen molar-refractivity contribution < 1.29 is 4.79 Å². The molecule has 1 N–H and O–H groups in total. The number of ketones is 1. The zero-order valence-electron chi connectivity index (χ0n) is 15.0. The first-order valence-electron chi connectivity index (χ1n) is 8.98. The maximum atomic E-state index is 12.7. The number of Topliss-reactive ketones (excluding diaryl/α,β-unsaturated/α-hetero) is 1. The van der Waals surface area contributed by atoms with Gasteiger partial charge in [-0.1, -0.05) is 51.2 Å². The lowest BCUT2D eigenvalue weighted by Crippen LogP contribution is -2.51. The molecular formula is C21H23N3O. The molecule has 0 aromatic carbocycles. The normalized spacial score (nSPS) is 32.6. The Balaban J connectivity index is 1.86. The lowest BCUT2D eigenvalue weighted by molar-refractivity contribution is -0.128. The van der Waals surface area contributed by atoms with Crippen molar-refractivity contribution in [1.82, 2.24) is 10.2 Å². The first-order valence-corrected chi connectivity index (χ1v) is 8.98. The number of fused-ring (bicyclic) bond motifs is 3. The van der Waals surface area contributed by atoms with E-state index in [2.05, 4.69) is 42.4 Å². The summed E-state index contributed by atoms with van der Waals surface area (Å²) in [5.74, 6) is 0.464. The van der Waals surface area contributed by atoms with E-state index < -0.39 is 5.41 Å². The molecule has 4 nitrogen and oxygen atoms in total. The van der Waals surface area contributed by atoms with Crippen LogP contribution in [0.1, 0.15) is 56.5 Å². The van der Waals surface area contributed by atoms with Gasteiger partial charge in [0, 0.05) is 22.4 Å². The van der Waals surface area contributed by atoms with Crippen molar-refractivity contribution in [2.24, 2.45) is 11.3 Å². The summed E-state index contributed by atoms with van der Waals surface area (Å²) in [5.41, 5.74) is 2.86. The maximum Gasteiger partial charge on any atom is 0.178 e. The number of hydrogen-bond donors (Lipinski definition) is 1. The number of carbonyl (C=O) groups is 1. The van der Waals surface area contributed by atoms with Crippen LogP contribution in [0.25, 0.3) is 0 Å². The topological polar surface area (TPSA) is 69.5 Å². The van der Waals surface area contributed by atoms with Crippen LogP contribution in [0.5, 0.6) is 0 Å². The molecule has 3 atom stereocenters. The SMILES string of the molecule is CC1(C)C(=O)C(C#N)=C[C@]2(C)c3n[nH]c(C4C=CC=CC4)c3CC[C@@H]12. The summed E-state index contributed by atoms with van der Waals surface area (Å²) in [6, 6.07) is 2.12. The fraction of sp³-hybridized carbons (Fsp3) is 0.476. The van der Waals surface area contributed by atoms with E-state index in [1.165, 1.54) is 11.3 Å². The third-order valence-electron chi connectivity index (χ3n) is 6.43. The molecule has 0 amide bonds. The standard InChI is InChI=1S/C21H23N3O/c1-20(2)16-10-9-15-17(13-7-5-4-6-8-13)23-24-18(15)21(16,3)11-14(12-22)19(20)25/h4-7,11,13,16H,8-10H2,1-3H3,(H,23,24)/t13?,16-,21-/m0/s1. The van der Waals surface area contributed by atoms with Crippen LogP contribution in [0.3, 0.4) is 0 Å². The Bertz CT molecular complexity index is 877. The Morgan fingerprint density at radius 1 is 1.32 bits per heavy atom. The Morgan fingerprint density at radius 3 is 2.80 bits per heavy atom. The second-order valence-electron chi connectivity index (χ2n) is 8.21. The second kappa shape index (κ2) is 5.29. The lowest BCUT2D eigenvalue weighted by atomic mass is 9.52. The largest absolute Gasteiger partial charge is 0.293 e. The number of nitrogens with zero attached hydrogens (tertiary/aromatic N) is 2. The van der Waals surface area contributed by atoms with E-state index in [1.807, 2.05) is 19.9 Å². The fourth-order valence-corrected chi connectivity index (χ4v) is 5.17. The van der Waals surface area contributed by atoms with Crippen LogP contribution in [-0.2, 0) is 16.6 Å². The van der Waals surface area contributed by atoms with Crippen molar-refractivity contribution in [1.29, 1.82) is 5.26 Å². The van der Waals surface area contributed by atoms with E-state index in [0.29, 0.717) is 5.92 Å². The van der Waals surface area contributed by atoms with E-state index in [1.54, 1.807) is 0 Å². The third-order valence-corrected chi connectivity index (χ3v) is 6.43. The first-order chi connectivity index (χ1) is 11.9. The van der Waals surface area contributed by atoms with Crippen LogP contribution >= 0.6 is 0 Å². The molecule has 0 radical (unpaired) electrons. The van der Waals surface area contributed by atoms with E-state index >= 15 is 0 Å². The molecule has 1 aromatic heterocycles. The van der Waals surface area contributed by atoms with Gasteiger partial charge in [0.15, 0.2) is 5.78 Å². The van der Waals surface area contributed by atoms with Crippen LogP contribution in [0, 0.1) is 22.7 Å². The summed E-state index contributed by atoms with van der Waals surface area (Å²) >= 11 is 0. The minimum Gasteiger partial charge on any atom is -0.293 e. The molecule has 1 unspecified atom stereocenters. The van der Waals surface area contributed by atoms with Gasteiger partial charge in [-0.2, -0.15) is 10.4 Å². The number of carbonyl (C=O) groups excluding carboxylic acids is 1. The minimum absolute atomic E-state index is 0.0305. The fourth-order valence-electron chi connectivity index (χ4n) is 5.17. The van der Waals surface area contributed by atoms with Gasteiger partial charge in [-0.25, -0.2) is 0 Å². The van der Waals surface area contributed by atoms with Crippen molar-refractivity contribution in [3.63, 3.8) is 0 Å². The number of allylic oxidation sites excluding steroid dienone is 6. The van der Waals surface area contributed by atoms with Gasteiger partial charge in [-0.3, -0.25) is 9.89 Å². The molecule has 1 aromatic rings. The Morgan fingerprint density at radius 2 is 2.12 bits per heavy atom. The second-order valence-corrected chi connectivity index (χ2v) is 8.21. The molecule has 25 heavy (non-hydrogen) atoms. The summed E-state index contributed by atoms with van der Waals surface area (Å²) < 4.78 is 0. The van der Waals surface area contributed by atoms with Gasteiger partial charge in [0.2, 0.25) is 0 Å². The molecule has 4 heteroatoms. The van der Waals surface area contributed by atoms with Crippen LogP contribution in [-0.4, -0.2) is 16.0 Å². The highest BCUT2D eigenvalue weighted by Crippen LogP contribution is 2.54.